The van der Waals surface area contributed by atoms with Crippen molar-refractivity contribution in [2.24, 2.45) is 0 Å². The minimum atomic E-state index is -0.492. The lowest BCUT2D eigenvalue weighted by Crippen LogP contribution is -2.30. The van der Waals surface area contributed by atoms with Crippen LogP contribution in [0.1, 0.15) is 10.4 Å². The lowest BCUT2D eigenvalue weighted by molar-refractivity contribution is -0.139. The van der Waals surface area contributed by atoms with Gasteiger partial charge in [-0.2, -0.15) is 5.10 Å². The molecule has 1 amide bonds. The standard InChI is InChI=1S/C17H14N4O3/c1-24-13(22)8-18-17(23)11-3-2-4-12-14(11)10-6-5-9-7-19-21-15(9)16(10)20-12/h2-7,20H,8H2,1H3,(H,18,23)(H,19,21). The predicted molar refractivity (Wildman–Crippen MR) is 89.8 cm³/mol. The van der Waals surface area contributed by atoms with Crippen molar-refractivity contribution < 1.29 is 14.3 Å². The summed E-state index contributed by atoms with van der Waals surface area (Å²) in [7, 11) is 1.28. The number of amides is 1. The molecule has 0 aliphatic heterocycles. The monoisotopic (exact) mass is 322 g/mol. The van der Waals surface area contributed by atoms with Crippen LogP contribution < -0.4 is 5.32 Å². The quantitative estimate of drug-likeness (QED) is 0.503. The van der Waals surface area contributed by atoms with Crippen LogP contribution in [-0.4, -0.2) is 40.7 Å². The highest BCUT2D eigenvalue weighted by Crippen LogP contribution is 2.32. The summed E-state index contributed by atoms with van der Waals surface area (Å²) >= 11 is 0. The van der Waals surface area contributed by atoms with Crippen LogP contribution in [0.2, 0.25) is 0 Å². The van der Waals surface area contributed by atoms with E-state index in [-0.39, 0.29) is 12.5 Å². The zero-order chi connectivity index (χ0) is 16.7. The van der Waals surface area contributed by atoms with E-state index in [1.807, 2.05) is 18.2 Å². The second kappa shape index (κ2) is 5.38. The molecule has 3 N–H and O–H groups in total. The second-order valence-corrected chi connectivity index (χ2v) is 5.43. The third kappa shape index (κ3) is 2.10. The fraction of sp³-hybridized carbons (Fsp3) is 0.118. The van der Waals surface area contributed by atoms with E-state index in [4.69, 9.17) is 0 Å². The number of fused-ring (bicyclic) bond motifs is 5. The number of H-pyrrole nitrogens is 2. The van der Waals surface area contributed by atoms with Crippen LogP contribution in [0.4, 0.5) is 0 Å². The second-order valence-electron chi connectivity index (χ2n) is 5.43. The number of benzene rings is 2. The molecule has 7 heteroatoms. The summed E-state index contributed by atoms with van der Waals surface area (Å²) in [4.78, 5) is 27.1. The molecule has 2 aromatic carbocycles. The molecule has 7 nitrogen and oxygen atoms in total. The number of hydrogen-bond acceptors (Lipinski definition) is 4. The van der Waals surface area contributed by atoms with Gasteiger partial charge in [0.2, 0.25) is 0 Å². The van der Waals surface area contributed by atoms with E-state index in [1.165, 1.54) is 7.11 Å². The molecule has 0 bridgehead atoms. The molecule has 24 heavy (non-hydrogen) atoms. The summed E-state index contributed by atoms with van der Waals surface area (Å²) < 4.78 is 4.55. The fourth-order valence-electron chi connectivity index (χ4n) is 2.94. The van der Waals surface area contributed by atoms with E-state index in [0.29, 0.717) is 5.56 Å². The smallest absolute Gasteiger partial charge is 0.325 e. The van der Waals surface area contributed by atoms with Crippen LogP contribution in [0.5, 0.6) is 0 Å². The van der Waals surface area contributed by atoms with Crippen molar-refractivity contribution in [3.63, 3.8) is 0 Å². The van der Waals surface area contributed by atoms with Gasteiger partial charge in [0.1, 0.15) is 6.54 Å². The summed E-state index contributed by atoms with van der Waals surface area (Å²) in [5.41, 5.74) is 3.14. The molecule has 0 unspecified atom stereocenters. The zero-order valence-electron chi connectivity index (χ0n) is 12.8. The van der Waals surface area contributed by atoms with Crippen molar-refractivity contribution in [2.45, 2.75) is 0 Å². The highest BCUT2D eigenvalue weighted by molar-refractivity contribution is 6.21. The lowest BCUT2D eigenvalue weighted by atomic mass is 10.0. The third-order valence-electron chi connectivity index (χ3n) is 4.08. The van der Waals surface area contributed by atoms with Crippen LogP contribution in [0.3, 0.4) is 0 Å². The molecule has 0 atom stereocenters. The average Bonchev–Trinajstić information content (AvgIpc) is 3.22. The van der Waals surface area contributed by atoms with E-state index in [0.717, 1.165) is 32.7 Å². The van der Waals surface area contributed by atoms with Crippen LogP contribution in [0.15, 0.2) is 36.5 Å². The molecule has 4 aromatic rings. The number of nitrogens with one attached hydrogen (secondary N) is 3. The van der Waals surface area contributed by atoms with Crippen molar-refractivity contribution in [3.05, 3.63) is 42.1 Å². The van der Waals surface area contributed by atoms with Crippen molar-refractivity contribution in [1.29, 1.82) is 0 Å². The van der Waals surface area contributed by atoms with Gasteiger partial charge in [0.25, 0.3) is 5.91 Å². The summed E-state index contributed by atoms with van der Waals surface area (Å²) in [6, 6.07) is 9.36. The number of ether oxygens (including phenoxy) is 1. The zero-order valence-corrected chi connectivity index (χ0v) is 12.8. The number of nitrogens with zero attached hydrogens (tertiary/aromatic N) is 1. The molecule has 0 spiro atoms. The molecule has 0 saturated heterocycles. The SMILES string of the molecule is COC(=O)CNC(=O)c1cccc2[nH]c3c(ccc4cn[nH]c43)c12. The number of carbonyl (C=O) groups excluding carboxylic acids is 2. The Balaban J connectivity index is 1.88. The molecule has 120 valence electrons. The van der Waals surface area contributed by atoms with Crippen LogP contribution in [0.25, 0.3) is 32.7 Å². The van der Waals surface area contributed by atoms with Gasteiger partial charge in [-0.05, 0) is 12.1 Å². The first-order valence-electron chi connectivity index (χ1n) is 7.40. The fourth-order valence-corrected chi connectivity index (χ4v) is 2.94. The van der Waals surface area contributed by atoms with Crippen LogP contribution in [0, 0.1) is 0 Å². The first-order chi connectivity index (χ1) is 11.7. The maximum Gasteiger partial charge on any atom is 0.325 e. The summed E-state index contributed by atoms with van der Waals surface area (Å²) in [5, 5.41) is 12.3. The van der Waals surface area contributed by atoms with Gasteiger partial charge in [-0.1, -0.05) is 18.2 Å². The summed E-state index contributed by atoms with van der Waals surface area (Å²) in [6.45, 7) is -0.168. The predicted octanol–water partition coefficient (Wildman–Crippen LogP) is 2.10. The van der Waals surface area contributed by atoms with E-state index < -0.39 is 5.97 Å². The van der Waals surface area contributed by atoms with E-state index in [9.17, 15) is 9.59 Å². The van der Waals surface area contributed by atoms with Gasteiger partial charge >= 0.3 is 5.97 Å². The average molecular weight is 322 g/mol. The maximum absolute atomic E-state index is 12.5. The molecule has 0 aliphatic rings. The summed E-state index contributed by atoms with van der Waals surface area (Å²) in [6.07, 6.45) is 1.75. The highest BCUT2D eigenvalue weighted by atomic mass is 16.5. The largest absolute Gasteiger partial charge is 0.468 e. The van der Waals surface area contributed by atoms with Gasteiger partial charge in [-0.25, -0.2) is 0 Å². The molecule has 2 heterocycles. The number of aromatic amines is 2. The van der Waals surface area contributed by atoms with Crippen molar-refractivity contribution >= 4 is 44.6 Å². The van der Waals surface area contributed by atoms with Gasteiger partial charge in [0.15, 0.2) is 0 Å². The Morgan fingerprint density at radius 1 is 1.21 bits per heavy atom. The minimum Gasteiger partial charge on any atom is -0.468 e. The molecule has 0 aliphatic carbocycles. The number of rotatable bonds is 3. The molecule has 0 saturated carbocycles. The highest BCUT2D eigenvalue weighted by Gasteiger charge is 2.16. The Hall–Kier alpha value is -3.35. The van der Waals surface area contributed by atoms with E-state index >= 15 is 0 Å². The Labute approximate surface area is 136 Å². The van der Waals surface area contributed by atoms with Gasteiger partial charge in [0, 0.05) is 27.2 Å². The Kier molecular flexibility index (Phi) is 3.19. The molecule has 4 rings (SSSR count). The van der Waals surface area contributed by atoms with Gasteiger partial charge < -0.3 is 15.0 Å². The van der Waals surface area contributed by atoms with Gasteiger partial charge in [-0.15, -0.1) is 0 Å². The molecular formula is C17H14N4O3. The molecule has 2 aromatic heterocycles. The number of methoxy groups -OCH3 is 1. The molecule has 0 fully saturated rings. The molecular weight excluding hydrogens is 308 g/mol. The number of aromatic nitrogens is 3. The van der Waals surface area contributed by atoms with E-state index in [1.54, 1.807) is 18.3 Å². The molecule has 0 radical (unpaired) electrons. The number of esters is 1. The lowest BCUT2D eigenvalue weighted by Gasteiger charge is -2.05. The first kappa shape index (κ1) is 14.3. The Morgan fingerprint density at radius 3 is 2.92 bits per heavy atom. The maximum atomic E-state index is 12.5. The van der Waals surface area contributed by atoms with Crippen molar-refractivity contribution in [2.75, 3.05) is 13.7 Å². The van der Waals surface area contributed by atoms with E-state index in [2.05, 4.69) is 25.2 Å². The normalized spacial score (nSPS) is 11.2. The van der Waals surface area contributed by atoms with Crippen LogP contribution >= 0.6 is 0 Å². The van der Waals surface area contributed by atoms with Crippen molar-refractivity contribution in [1.82, 2.24) is 20.5 Å². The van der Waals surface area contributed by atoms with Crippen molar-refractivity contribution in [3.8, 4) is 0 Å². The van der Waals surface area contributed by atoms with Crippen LogP contribution in [-0.2, 0) is 9.53 Å². The number of carbonyl (C=O) groups is 2. The van der Waals surface area contributed by atoms with Gasteiger partial charge in [-0.3, -0.25) is 14.7 Å². The van der Waals surface area contributed by atoms with Gasteiger partial charge in [0.05, 0.1) is 24.3 Å². The first-order valence-corrected chi connectivity index (χ1v) is 7.40. The summed E-state index contributed by atoms with van der Waals surface area (Å²) in [5.74, 6) is -0.815. The Morgan fingerprint density at radius 2 is 2.08 bits per heavy atom. The minimum absolute atomic E-state index is 0.168. The third-order valence-corrected chi connectivity index (χ3v) is 4.08. The number of hydrogen-bond donors (Lipinski definition) is 3. The topological polar surface area (TPSA) is 99.9 Å². The Bertz CT molecular complexity index is 1090.